The zero-order valence-electron chi connectivity index (χ0n) is 25.0. The van der Waals surface area contributed by atoms with E-state index in [2.05, 4.69) is 25.6 Å². The Morgan fingerprint density at radius 1 is 1.09 bits per heavy atom. The highest BCUT2D eigenvalue weighted by atomic mass is 19.1. The van der Waals surface area contributed by atoms with Crippen molar-refractivity contribution < 1.29 is 33.4 Å². The highest BCUT2D eigenvalue weighted by Crippen LogP contribution is 2.45. The number of nitrogens with one attached hydrogen (secondary N) is 2. The molecular formula is C32H32FN7O6. The van der Waals surface area contributed by atoms with Crippen LogP contribution in [0.1, 0.15) is 45.7 Å². The summed E-state index contributed by atoms with van der Waals surface area (Å²) in [6.07, 6.45) is 5.49. The highest BCUT2D eigenvalue weighted by Gasteiger charge is 2.52. The van der Waals surface area contributed by atoms with Crippen molar-refractivity contribution in [3.63, 3.8) is 0 Å². The monoisotopic (exact) mass is 629 g/mol. The Labute approximate surface area is 263 Å². The van der Waals surface area contributed by atoms with Gasteiger partial charge in [-0.1, -0.05) is 42.5 Å². The summed E-state index contributed by atoms with van der Waals surface area (Å²) in [6.45, 7) is 2.37. The van der Waals surface area contributed by atoms with Gasteiger partial charge in [0.15, 0.2) is 23.3 Å². The Balaban J connectivity index is 1.29. The lowest BCUT2D eigenvalue weighted by Crippen LogP contribution is -2.37. The molecule has 0 bridgehead atoms. The zero-order valence-corrected chi connectivity index (χ0v) is 25.0. The molecule has 4 aromatic rings. The predicted octanol–water partition coefficient (Wildman–Crippen LogP) is 3.96. The van der Waals surface area contributed by atoms with E-state index in [1.54, 1.807) is 13.3 Å². The van der Waals surface area contributed by atoms with Gasteiger partial charge in [-0.3, -0.25) is 10.1 Å². The van der Waals surface area contributed by atoms with E-state index >= 15 is 0 Å². The minimum atomic E-state index is -1.40. The number of rotatable bonds is 9. The fourth-order valence-electron chi connectivity index (χ4n) is 6.10. The Kier molecular flexibility index (Phi) is 8.72. The smallest absolute Gasteiger partial charge is 0.336 e. The second-order valence-electron chi connectivity index (χ2n) is 11.1. The number of hydrogen-bond donors (Lipinski definition) is 3. The molecule has 46 heavy (non-hydrogen) atoms. The molecule has 5 atom stereocenters. The van der Waals surface area contributed by atoms with Gasteiger partial charge in [0.2, 0.25) is 0 Å². The lowest BCUT2D eigenvalue weighted by molar-refractivity contribution is -0.0513. The third kappa shape index (κ3) is 6.04. The Hall–Kier alpha value is -5.21. The van der Waals surface area contributed by atoms with Crippen LogP contribution >= 0.6 is 0 Å². The molecule has 238 valence electrons. The summed E-state index contributed by atoms with van der Waals surface area (Å²) >= 11 is 0. The zero-order chi connectivity index (χ0) is 32.4. The molecule has 3 N–H and O–H groups in total. The molecule has 2 aliphatic rings. The number of carboxylic acid groups (broad SMARTS) is 1. The Morgan fingerprint density at radius 3 is 2.63 bits per heavy atom. The standard InChI is InChI=1S/C32H32FN7O6/c1-3-34-32(44)38-28-25-29(36-16-35-28)40(17-37-25)22-14-19(15-39(2)30(41)24-20(31(42)43)10-7-11-21(24)33)26-27(22)46-23(45-26)13-12-18-8-5-4-6-9-18/h4-13,16-17,19,22-23,26-27H,3,14-15H2,1-2H3,(H,42,43)(H2,34,35,36,38,44)/b13-12+/t19?,22?,23-,26?,27?/m0/s1. The molecule has 13 nitrogen and oxygen atoms in total. The predicted molar refractivity (Wildman–Crippen MR) is 164 cm³/mol. The number of urea groups is 1. The van der Waals surface area contributed by atoms with Crippen molar-refractivity contribution in [1.82, 2.24) is 29.7 Å². The number of carbonyl (C=O) groups excluding carboxylic acids is 2. The number of carbonyl (C=O) groups is 3. The topological polar surface area (TPSA) is 161 Å². The van der Waals surface area contributed by atoms with E-state index in [1.807, 2.05) is 47.1 Å². The molecule has 14 heteroatoms. The van der Waals surface area contributed by atoms with Crippen LogP contribution in [-0.4, -0.2) is 86.1 Å². The third-order valence-electron chi connectivity index (χ3n) is 8.14. The van der Waals surface area contributed by atoms with Gasteiger partial charge in [-0.15, -0.1) is 0 Å². The minimum Gasteiger partial charge on any atom is -0.478 e. The first kappa shape index (κ1) is 30.8. The van der Waals surface area contributed by atoms with E-state index in [4.69, 9.17) is 9.47 Å². The first-order valence-corrected chi connectivity index (χ1v) is 14.8. The third-order valence-corrected chi connectivity index (χ3v) is 8.14. The van der Waals surface area contributed by atoms with Crippen LogP contribution in [-0.2, 0) is 9.47 Å². The van der Waals surface area contributed by atoms with Crippen molar-refractivity contribution in [3.8, 4) is 0 Å². The first-order valence-electron chi connectivity index (χ1n) is 14.8. The molecule has 3 amide bonds. The second kappa shape index (κ2) is 13.0. The van der Waals surface area contributed by atoms with Crippen molar-refractivity contribution in [2.75, 3.05) is 25.5 Å². The Bertz CT molecular complexity index is 1800. The van der Waals surface area contributed by atoms with Crippen molar-refractivity contribution in [3.05, 3.63) is 89.8 Å². The van der Waals surface area contributed by atoms with Gasteiger partial charge in [0.05, 0.1) is 29.6 Å². The molecule has 1 aliphatic heterocycles. The number of aromatic nitrogens is 4. The average molecular weight is 630 g/mol. The Morgan fingerprint density at radius 2 is 1.87 bits per heavy atom. The van der Waals surface area contributed by atoms with Crippen LogP contribution in [0, 0.1) is 11.7 Å². The van der Waals surface area contributed by atoms with Crippen molar-refractivity contribution in [1.29, 1.82) is 0 Å². The molecule has 2 fully saturated rings. The SMILES string of the molecule is CCNC(=O)Nc1ncnc2c1ncn2C1CC(CN(C)C(=O)c2c(F)cccc2C(=O)O)C2O[C@H](/C=C/c3ccccc3)OC21. The largest absolute Gasteiger partial charge is 0.478 e. The number of benzene rings is 2. The molecule has 2 aromatic carbocycles. The van der Waals surface area contributed by atoms with Gasteiger partial charge in [0, 0.05) is 26.1 Å². The van der Waals surface area contributed by atoms with E-state index in [0.29, 0.717) is 24.1 Å². The molecule has 3 heterocycles. The van der Waals surface area contributed by atoms with Gasteiger partial charge in [-0.05, 0) is 37.1 Å². The number of fused-ring (bicyclic) bond motifs is 2. The summed E-state index contributed by atoms with van der Waals surface area (Å²) in [4.78, 5) is 51.8. The summed E-state index contributed by atoms with van der Waals surface area (Å²) in [7, 11) is 1.50. The number of ether oxygens (including phenoxy) is 2. The molecule has 1 saturated heterocycles. The molecule has 6 rings (SSSR count). The number of carboxylic acids is 1. The summed E-state index contributed by atoms with van der Waals surface area (Å²) < 4.78 is 29.4. The van der Waals surface area contributed by atoms with E-state index in [-0.39, 0.29) is 24.3 Å². The highest BCUT2D eigenvalue weighted by molar-refractivity contribution is 6.05. The molecule has 1 saturated carbocycles. The van der Waals surface area contributed by atoms with Gasteiger partial charge >= 0.3 is 12.0 Å². The van der Waals surface area contributed by atoms with Gasteiger partial charge in [-0.2, -0.15) is 0 Å². The molecule has 4 unspecified atom stereocenters. The maximum absolute atomic E-state index is 14.8. The maximum atomic E-state index is 14.8. The first-order chi connectivity index (χ1) is 22.2. The summed E-state index contributed by atoms with van der Waals surface area (Å²) in [5.74, 6) is -3.10. The second-order valence-corrected chi connectivity index (χ2v) is 11.1. The molecule has 0 radical (unpaired) electrons. The van der Waals surface area contributed by atoms with Crippen LogP contribution in [0.5, 0.6) is 0 Å². The summed E-state index contributed by atoms with van der Waals surface area (Å²) in [5, 5.41) is 14.9. The maximum Gasteiger partial charge on any atom is 0.336 e. The number of aromatic carboxylic acids is 1. The number of halogens is 1. The van der Waals surface area contributed by atoms with Crippen LogP contribution in [0.3, 0.4) is 0 Å². The quantitative estimate of drug-likeness (QED) is 0.249. The average Bonchev–Trinajstić information content (AvgIpc) is 3.75. The summed E-state index contributed by atoms with van der Waals surface area (Å²) in [5.41, 5.74) is 0.919. The van der Waals surface area contributed by atoms with Gasteiger partial charge < -0.3 is 29.4 Å². The van der Waals surface area contributed by atoms with Crippen LogP contribution in [0.2, 0.25) is 0 Å². The number of hydrogen-bond acceptors (Lipinski definition) is 8. The normalized spacial score (nSPS) is 22.2. The fourth-order valence-corrected chi connectivity index (χ4v) is 6.10. The van der Waals surface area contributed by atoms with Crippen molar-refractivity contribution in [2.45, 2.75) is 37.9 Å². The van der Waals surface area contributed by atoms with Crippen molar-refractivity contribution >= 4 is 41.0 Å². The molecule has 0 spiro atoms. The summed E-state index contributed by atoms with van der Waals surface area (Å²) in [6, 6.07) is 12.4. The van der Waals surface area contributed by atoms with E-state index in [9.17, 15) is 23.9 Å². The molecule has 1 aliphatic carbocycles. The fraction of sp³-hybridized carbons (Fsp3) is 0.312. The van der Waals surface area contributed by atoms with Crippen molar-refractivity contribution in [2.24, 2.45) is 5.92 Å². The molecular weight excluding hydrogens is 597 g/mol. The lowest BCUT2D eigenvalue weighted by Gasteiger charge is -2.25. The van der Waals surface area contributed by atoms with Crippen LogP contribution < -0.4 is 10.6 Å². The van der Waals surface area contributed by atoms with Crippen LogP contribution in [0.15, 0.2) is 67.3 Å². The van der Waals surface area contributed by atoms with E-state index < -0.39 is 53.3 Å². The van der Waals surface area contributed by atoms with Gasteiger partial charge in [-0.25, -0.2) is 28.9 Å². The van der Waals surface area contributed by atoms with Gasteiger partial charge in [0.1, 0.15) is 18.2 Å². The molecule has 2 aromatic heterocycles. The number of anilines is 1. The van der Waals surface area contributed by atoms with Crippen LogP contribution in [0.25, 0.3) is 17.2 Å². The minimum absolute atomic E-state index is 0.133. The number of amides is 3. The lowest BCUT2D eigenvalue weighted by atomic mass is 10.0. The number of imidazole rings is 1. The van der Waals surface area contributed by atoms with Crippen LogP contribution in [0.4, 0.5) is 15.0 Å². The van der Waals surface area contributed by atoms with Gasteiger partial charge in [0.25, 0.3) is 5.91 Å². The van der Waals surface area contributed by atoms with E-state index in [1.165, 1.54) is 30.4 Å². The number of nitrogens with zero attached hydrogens (tertiary/aromatic N) is 5. The van der Waals surface area contributed by atoms with E-state index in [0.717, 1.165) is 11.6 Å².